The molecule has 1 aliphatic heterocycles. The van der Waals surface area contributed by atoms with E-state index in [-0.39, 0.29) is 11.7 Å². The van der Waals surface area contributed by atoms with Gasteiger partial charge >= 0.3 is 0 Å². The van der Waals surface area contributed by atoms with Gasteiger partial charge in [0.15, 0.2) is 0 Å². The fourth-order valence-corrected chi connectivity index (χ4v) is 2.35. The second-order valence-corrected chi connectivity index (χ2v) is 4.59. The number of halogens is 1. The molecule has 1 aliphatic rings. The van der Waals surface area contributed by atoms with Gasteiger partial charge in [-0.15, -0.1) is 0 Å². The van der Waals surface area contributed by atoms with Gasteiger partial charge in [0.1, 0.15) is 11.9 Å². The van der Waals surface area contributed by atoms with Crippen molar-refractivity contribution >= 4 is 11.6 Å². The third kappa shape index (κ3) is 2.00. The van der Waals surface area contributed by atoms with Crippen LogP contribution in [0.2, 0.25) is 0 Å². The average molecular weight is 256 g/mol. The Morgan fingerprint density at radius 1 is 1.11 bits per heavy atom. The molecule has 1 amide bonds. The Bertz CT molecular complexity index is 624. The summed E-state index contributed by atoms with van der Waals surface area (Å²) < 4.78 is 12.9. The molecule has 0 bridgehead atoms. The summed E-state index contributed by atoms with van der Waals surface area (Å²) in [6.45, 7) is 0.407. The monoisotopic (exact) mass is 256 g/mol. The van der Waals surface area contributed by atoms with Crippen LogP contribution in [0.1, 0.15) is 17.2 Å². The summed E-state index contributed by atoms with van der Waals surface area (Å²) in [5.41, 5.74) is 8.46. The number of fused-ring (bicyclic) bond motifs is 1. The number of carbonyl (C=O) groups is 1. The van der Waals surface area contributed by atoms with E-state index in [4.69, 9.17) is 5.73 Å². The molecule has 4 heteroatoms. The highest BCUT2D eigenvalue weighted by Crippen LogP contribution is 2.35. The number of hydrogen-bond donors (Lipinski definition) is 1. The number of rotatable bonds is 2. The molecule has 1 atom stereocenters. The highest BCUT2D eigenvalue weighted by molar-refractivity contribution is 6.04. The van der Waals surface area contributed by atoms with E-state index in [9.17, 15) is 9.18 Å². The van der Waals surface area contributed by atoms with Crippen LogP contribution in [0.5, 0.6) is 0 Å². The van der Waals surface area contributed by atoms with Gasteiger partial charge in [0.25, 0.3) is 0 Å². The number of para-hydroxylation sites is 1. The van der Waals surface area contributed by atoms with E-state index in [0.29, 0.717) is 6.54 Å². The Kier molecular flexibility index (Phi) is 2.80. The summed E-state index contributed by atoms with van der Waals surface area (Å²) in [7, 11) is 0. The second-order valence-electron chi connectivity index (χ2n) is 4.59. The zero-order valence-electron chi connectivity index (χ0n) is 10.2. The van der Waals surface area contributed by atoms with E-state index in [2.05, 4.69) is 0 Å². The van der Waals surface area contributed by atoms with Crippen molar-refractivity contribution in [1.29, 1.82) is 0 Å². The third-order valence-corrected chi connectivity index (χ3v) is 3.35. The number of benzene rings is 2. The molecule has 0 saturated carbocycles. The normalized spacial score (nSPS) is 17.7. The number of nitrogens with zero attached hydrogens (tertiary/aromatic N) is 1. The minimum atomic E-state index is -0.600. The Morgan fingerprint density at radius 3 is 2.53 bits per heavy atom. The van der Waals surface area contributed by atoms with Crippen LogP contribution in [-0.4, -0.2) is 5.91 Å². The van der Waals surface area contributed by atoms with Crippen LogP contribution >= 0.6 is 0 Å². The lowest BCUT2D eigenvalue weighted by molar-refractivity contribution is -0.119. The lowest BCUT2D eigenvalue weighted by Crippen LogP contribution is -2.31. The molecule has 3 nitrogen and oxygen atoms in total. The zero-order chi connectivity index (χ0) is 13.4. The summed E-state index contributed by atoms with van der Waals surface area (Å²) in [5.74, 6) is -0.404. The van der Waals surface area contributed by atoms with Crippen LogP contribution in [0.3, 0.4) is 0 Å². The molecular weight excluding hydrogens is 243 g/mol. The number of hydrogen-bond acceptors (Lipinski definition) is 2. The van der Waals surface area contributed by atoms with E-state index in [1.54, 1.807) is 17.0 Å². The molecule has 0 unspecified atom stereocenters. The lowest BCUT2D eigenvalue weighted by atomic mass is 10.1. The highest BCUT2D eigenvalue weighted by Gasteiger charge is 2.34. The topological polar surface area (TPSA) is 46.3 Å². The quantitative estimate of drug-likeness (QED) is 0.896. The molecule has 1 heterocycles. The van der Waals surface area contributed by atoms with Crippen molar-refractivity contribution in [3.05, 3.63) is 65.5 Å². The first-order valence-corrected chi connectivity index (χ1v) is 6.07. The minimum absolute atomic E-state index is 0.120. The number of amides is 1. The fraction of sp³-hybridized carbons (Fsp3) is 0.133. The van der Waals surface area contributed by atoms with Gasteiger partial charge in [0.05, 0.1) is 6.54 Å². The van der Waals surface area contributed by atoms with Crippen LogP contribution in [-0.2, 0) is 11.3 Å². The fourth-order valence-electron chi connectivity index (χ4n) is 2.35. The predicted molar refractivity (Wildman–Crippen MR) is 71.0 cm³/mol. The molecule has 2 N–H and O–H groups in total. The van der Waals surface area contributed by atoms with Crippen LogP contribution < -0.4 is 10.6 Å². The van der Waals surface area contributed by atoms with E-state index >= 15 is 0 Å². The van der Waals surface area contributed by atoms with Gasteiger partial charge in [0.2, 0.25) is 5.91 Å². The van der Waals surface area contributed by atoms with Gasteiger partial charge in [0, 0.05) is 11.3 Å². The maximum Gasteiger partial charge on any atom is 0.248 e. The summed E-state index contributed by atoms with van der Waals surface area (Å²) >= 11 is 0. The van der Waals surface area contributed by atoms with E-state index in [1.165, 1.54) is 12.1 Å². The Hall–Kier alpha value is -2.20. The molecule has 0 radical (unpaired) electrons. The summed E-state index contributed by atoms with van der Waals surface area (Å²) in [6, 6.07) is 13.0. The van der Waals surface area contributed by atoms with E-state index in [1.807, 2.05) is 24.3 Å². The first kappa shape index (κ1) is 11.9. The van der Waals surface area contributed by atoms with Gasteiger partial charge in [-0.2, -0.15) is 0 Å². The molecular formula is C15H13FN2O. The number of carbonyl (C=O) groups excluding carboxylic acids is 1. The Balaban J connectivity index is 1.93. The predicted octanol–water partition coefficient (Wildman–Crippen LogP) is 2.37. The van der Waals surface area contributed by atoms with Gasteiger partial charge in [-0.05, 0) is 23.8 Å². The van der Waals surface area contributed by atoms with Gasteiger partial charge < -0.3 is 10.6 Å². The SMILES string of the molecule is N[C@@H]1C(=O)N(Cc2ccc(F)cc2)c2ccccc21. The minimum Gasteiger partial charge on any atom is -0.316 e. The Morgan fingerprint density at radius 2 is 1.79 bits per heavy atom. The van der Waals surface area contributed by atoms with E-state index in [0.717, 1.165) is 16.8 Å². The van der Waals surface area contributed by atoms with E-state index < -0.39 is 6.04 Å². The lowest BCUT2D eigenvalue weighted by Gasteiger charge is -2.17. The van der Waals surface area contributed by atoms with Crippen LogP contribution in [0, 0.1) is 5.82 Å². The molecule has 0 fully saturated rings. The molecule has 96 valence electrons. The second kappa shape index (κ2) is 4.48. The van der Waals surface area contributed by atoms with Gasteiger partial charge in [-0.1, -0.05) is 30.3 Å². The van der Waals surface area contributed by atoms with Crippen molar-refractivity contribution in [3.8, 4) is 0 Å². The maximum absolute atomic E-state index is 12.9. The highest BCUT2D eigenvalue weighted by atomic mass is 19.1. The molecule has 0 aliphatic carbocycles. The molecule has 2 aromatic carbocycles. The van der Waals surface area contributed by atoms with Crippen LogP contribution in [0.25, 0.3) is 0 Å². The van der Waals surface area contributed by atoms with Crippen molar-refractivity contribution in [2.45, 2.75) is 12.6 Å². The van der Waals surface area contributed by atoms with Crippen LogP contribution in [0.4, 0.5) is 10.1 Å². The number of nitrogens with two attached hydrogens (primary N) is 1. The molecule has 3 rings (SSSR count). The number of anilines is 1. The van der Waals surface area contributed by atoms with Crippen LogP contribution in [0.15, 0.2) is 48.5 Å². The van der Waals surface area contributed by atoms with Crippen molar-refractivity contribution in [2.24, 2.45) is 5.73 Å². The summed E-state index contributed by atoms with van der Waals surface area (Å²) in [6.07, 6.45) is 0. The first-order chi connectivity index (χ1) is 9.16. The van der Waals surface area contributed by atoms with Crippen molar-refractivity contribution in [3.63, 3.8) is 0 Å². The zero-order valence-corrected chi connectivity index (χ0v) is 10.2. The van der Waals surface area contributed by atoms with Gasteiger partial charge in [-0.25, -0.2) is 4.39 Å². The van der Waals surface area contributed by atoms with Crippen molar-refractivity contribution < 1.29 is 9.18 Å². The van der Waals surface area contributed by atoms with Crippen molar-refractivity contribution in [2.75, 3.05) is 4.90 Å². The van der Waals surface area contributed by atoms with Crippen molar-refractivity contribution in [1.82, 2.24) is 0 Å². The molecule has 0 saturated heterocycles. The third-order valence-electron chi connectivity index (χ3n) is 3.35. The smallest absolute Gasteiger partial charge is 0.248 e. The Labute approximate surface area is 110 Å². The molecule has 0 aromatic heterocycles. The molecule has 2 aromatic rings. The average Bonchev–Trinajstić information content (AvgIpc) is 2.67. The van der Waals surface area contributed by atoms with Gasteiger partial charge in [-0.3, -0.25) is 4.79 Å². The summed E-state index contributed by atoms with van der Waals surface area (Å²) in [4.78, 5) is 13.8. The standard InChI is InChI=1S/C15H13FN2O/c16-11-7-5-10(6-8-11)9-18-13-4-2-1-3-12(13)14(17)15(18)19/h1-8,14H,9,17H2/t14-/m0/s1. The first-order valence-electron chi connectivity index (χ1n) is 6.07. The summed E-state index contributed by atoms with van der Waals surface area (Å²) in [5, 5.41) is 0. The molecule has 19 heavy (non-hydrogen) atoms. The maximum atomic E-state index is 12.9. The molecule has 0 spiro atoms. The largest absolute Gasteiger partial charge is 0.316 e.